The maximum atomic E-state index is 9.65. The number of hydrogen-bond acceptors (Lipinski definition) is 3. The van der Waals surface area contributed by atoms with Crippen LogP contribution in [0.3, 0.4) is 0 Å². The number of hydrogen-bond donors (Lipinski definition) is 1. The van der Waals surface area contributed by atoms with E-state index in [9.17, 15) is 5.11 Å². The normalized spacial score (nSPS) is 9.88. The molecule has 0 saturated carbocycles. The van der Waals surface area contributed by atoms with Gasteiger partial charge in [-0.25, -0.2) is 0 Å². The topological polar surface area (TPSA) is 44.0 Å². The molecule has 0 amide bonds. The van der Waals surface area contributed by atoms with Crippen LogP contribution in [0.1, 0.15) is 5.56 Å². The van der Waals surface area contributed by atoms with Crippen LogP contribution in [0.4, 0.5) is 0 Å². The van der Waals surface area contributed by atoms with E-state index in [1.807, 2.05) is 36.6 Å². The fraction of sp³-hybridized carbons (Fsp3) is 0.0714. The minimum Gasteiger partial charge on any atom is -0.507 e. The van der Waals surface area contributed by atoms with Gasteiger partial charge in [-0.15, -0.1) is 11.8 Å². The van der Waals surface area contributed by atoms with E-state index in [0.29, 0.717) is 5.56 Å². The lowest BCUT2D eigenvalue weighted by Gasteiger charge is -2.05. The van der Waals surface area contributed by atoms with Crippen molar-refractivity contribution in [3.8, 4) is 22.9 Å². The number of rotatable bonds is 2. The van der Waals surface area contributed by atoms with Gasteiger partial charge in [0.15, 0.2) is 0 Å². The first-order valence-electron chi connectivity index (χ1n) is 5.12. The van der Waals surface area contributed by atoms with Gasteiger partial charge in [0.05, 0.1) is 5.56 Å². The van der Waals surface area contributed by atoms with Gasteiger partial charge in [-0.1, -0.05) is 18.2 Å². The van der Waals surface area contributed by atoms with Crippen LogP contribution in [0.2, 0.25) is 0 Å². The van der Waals surface area contributed by atoms with Gasteiger partial charge in [-0.3, -0.25) is 0 Å². The predicted molar refractivity (Wildman–Crippen MR) is 70.0 cm³/mol. The van der Waals surface area contributed by atoms with E-state index in [0.717, 1.165) is 11.1 Å². The molecule has 84 valence electrons. The smallest absolute Gasteiger partial charge is 0.133 e. The molecule has 3 heteroatoms. The van der Waals surface area contributed by atoms with Crippen molar-refractivity contribution in [3.05, 3.63) is 48.0 Å². The summed E-state index contributed by atoms with van der Waals surface area (Å²) in [6.45, 7) is 0. The summed E-state index contributed by atoms with van der Waals surface area (Å²) in [5, 5.41) is 18.4. The second kappa shape index (κ2) is 4.94. The lowest BCUT2D eigenvalue weighted by atomic mass is 10.0. The molecule has 0 aromatic heterocycles. The third kappa shape index (κ3) is 2.43. The number of thioether (sulfide) groups is 1. The lowest BCUT2D eigenvalue weighted by Crippen LogP contribution is -1.81. The van der Waals surface area contributed by atoms with Crippen molar-refractivity contribution in [2.24, 2.45) is 0 Å². The molecule has 1 N–H and O–H groups in total. The SMILES string of the molecule is CSc1cccc(-c2ccc(C#N)c(O)c2)c1. The number of nitriles is 1. The Bertz CT molecular complexity index is 587. The van der Waals surface area contributed by atoms with Crippen molar-refractivity contribution in [3.63, 3.8) is 0 Å². The summed E-state index contributed by atoms with van der Waals surface area (Å²) >= 11 is 1.67. The van der Waals surface area contributed by atoms with Gasteiger partial charge < -0.3 is 5.11 Å². The van der Waals surface area contributed by atoms with Gasteiger partial charge in [-0.05, 0) is 41.6 Å². The molecule has 0 atom stereocenters. The highest BCUT2D eigenvalue weighted by molar-refractivity contribution is 7.98. The number of nitrogens with zero attached hydrogens (tertiary/aromatic N) is 1. The summed E-state index contributed by atoms with van der Waals surface area (Å²) in [6, 6.07) is 15.1. The van der Waals surface area contributed by atoms with Crippen molar-refractivity contribution in [1.82, 2.24) is 0 Å². The zero-order valence-electron chi connectivity index (χ0n) is 9.34. The first kappa shape index (κ1) is 11.6. The van der Waals surface area contributed by atoms with Gasteiger partial charge in [-0.2, -0.15) is 5.26 Å². The van der Waals surface area contributed by atoms with E-state index in [4.69, 9.17) is 5.26 Å². The molecular weight excluding hydrogens is 230 g/mol. The van der Waals surface area contributed by atoms with Crippen LogP contribution in [0.5, 0.6) is 5.75 Å². The molecule has 0 heterocycles. The third-order valence-electron chi connectivity index (χ3n) is 2.52. The largest absolute Gasteiger partial charge is 0.507 e. The highest BCUT2D eigenvalue weighted by atomic mass is 32.2. The Kier molecular flexibility index (Phi) is 3.36. The van der Waals surface area contributed by atoms with Gasteiger partial charge in [0.25, 0.3) is 0 Å². The molecule has 0 aliphatic heterocycles. The van der Waals surface area contributed by atoms with Crippen molar-refractivity contribution < 1.29 is 5.11 Å². The van der Waals surface area contributed by atoms with Crippen LogP contribution in [0, 0.1) is 11.3 Å². The average Bonchev–Trinajstić information content (AvgIpc) is 2.38. The van der Waals surface area contributed by atoms with E-state index in [2.05, 4.69) is 6.07 Å². The molecule has 0 unspecified atom stereocenters. The highest BCUT2D eigenvalue weighted by Crippen LogP contribution is 2.28. The van der Waals surface area contributed by atoms with E-state index in [-0.39, 0.29) is 5.75 Å². The molecule has 0 aliphatic carbocycles. The Balaban J connectivity index is 2.46. The summed E-state index contributed by atoms with van der Waals surface area (Å²) in [5.41, 5.74) is 2.25. The van der Waals surface area contributed by atoms with Gasteiger partial charge >= 0.3 is 0 Å². The molecule has 0 radical (unpaired) electrons. The Labute approximate surface area is 105 Å². The first-order valence-corrected chi connectivity index (χ1v) is 6.34. The fourth-order valence-corrected chi connectivity index (χ4v) is 2.07. The summed E-state index contributed by atoms with van der Waals surface area (Å²) in [4.78, 5) is 1.17. The molecule has 0 bridgehead atoms. The van der Waals surface area contributed by atoms with Crippen molar-refractivity contribution in [2.45, 2.75) is 4.90 Å². The first-order chi connectivity index (χ1) is 8.24. The maximum absolute atomic E-state index is 9.65. The number of aromatic hydroxyl groups is 1. The van der Waals surface area contributed by atoms with E-state index >= 15 is 0 Å². The number of benzene rings is 2. The van der Waals surface area contributed by atoms with Crippen molar-refractivity contribution >= 4 is 11.8 Å². The van der Waals surface area contributed by atoms with Crippen molar-refractivity contribution in [2.75, 3.05) is 6.26 Å². The minimum absolute atomic E-state index is 0.0274. The molecule has 0 saturated heterocycles. The summed E-state index contributed by atoms with van der Waals surface area (Å²) in [6.07, 6.45) is 2.02. The highest BCUT2D eigenvalue weighted by Gasteiger charge is 2.04. The second-order valence-electron chi connectivity index (χ2n) is 3.58. The van der Waals surface area contributed by atoms with Crippen LogP contribution in [0.15, 0.2) is 47.4 Å². The Morgan fingerprint density at radius 3 is 2.53 bits per heavy atom. The van der Waals surface area contributed by atoms with Gasteiger partial charge in [0, 0.05) is 4.90 Å². The van der Waals surface area contributed by atoms with Crippen LogP contribution in [-0.2, 0) is 0 Å². The van der Waals surface area contributed by atoms with Gasteiger partial charge in [0.1, 0.15) is 11.8 Å². The molecule has 2 rings (SSSR count). The molecule has 2 aromatic carbocycles. The molecule has 2 aromatic rings. The summed E-state index contributed by atoms with van der Waals surface area (Å²) < 4.78 is 0. The van der Waals surface area contributed by atoms with Crippen LogP contribution >= 0.6 is 11.8 Å². The second-order valence-corrected chi connectivity index (χ2v) is 4.46. The third-order valence-corrected chi connectivity index (χ3v) is 3.25. The standard InChI is InChI=1S/C14H11NOS/c1-17-13-4-2-3-10(7-13)11-5-6-12(9-15)14(16)8-11/h2-8,16H,1H3. The summed E-state index contributed by atoms with van der Waals surface area (Å²) in [7, 11) is 0. The van der Waals surface area contributed by atoms with Crippen LogP contribution in [0.25, 0.3) is 11.1 Å². The molecule has 17 heavy (non-hydrogen) atoms. The minimum atomic E-state index is 0.0274. The zero-order valence-corrected chi connectivity index (χ0v) is 10.2. The van der Waals surface area contributed by atoms with E-state index < -0.39 is 0 Å². The summed E-state index contributed by atoms with van der Waals surface area (Å²) in [5.74, 6) is 0.0274. The molecule has 2 nitrogen and oxygen atoms in total. The Hall–Kier alpha value is -1.92. The zero-order chi connectivity index (χ0) is 12.3. The molecule has 0 fully saturated rings. The average molecular weight is 241 g/mol. The fourth-order valence-electron chi connectivity index (χ4n) is 1.61. The quantitative estimate of drug-likeness (QED) is 0.816. The molecule has 0 spiro atoms. The van der Waals surface area contributed by atoms with Gasteiger partial charge in [0.2, 0.25) is 0 Å². The predicted octanol–water partition coefficient (Wildman–Crippen LogP) is 3.65. The Morgan fingerprint density at radius 2 is 1.88 bits per heavy atom. The molecule has 0 aliphatic rings. The lowest BCUT2D eigenvalue weighted by molar-refractivity contribution is 0.474. The Morgan fingerprint density at radius 1 is 1.12 bits per heavy atom. The van der Waals surface area contributed by atoms with Crippen LogP contribution < -0.4 is 0 Å². The molecular formula is C14H11NOS. The van der Waals surface area contributed by atoms with E-state index in [1.165, 1.54) is 4.90 Å². The van der Waals surface area contributed by atoms with Crippen LogP contribution in [-0.4, -0.2) is 11.4 Å². The number of phenolic OH excluding ortho intramolecular Hbond substituents is 1. The van der Waals surface area contributed by atoms with Crippen molar-refractivity contribution in [1.29, 1.82) is 5.26 Å². The number of phenols is 1. The maximum Gasteiger partial charge on any atom is 0.133 e. The van der Waals surface area contributed by atoms with E-state index in [1.54, 1.807) is 23.9 Å². The monoisotopic (exact) mass is 241 g/mol.